The summed E-state index contributed by atoms with van der Waals surface area (Å²) in [5, 5.41) is 0. The Kier molecular flexibility index (Phi) is 5.27. The lowest BCUT2D eigenvalue weighted by Gasteiger charge is -2.32. The van der Waals surface area contributed by atoms with E-state index in [-0.39, 0.29) is 18.8 Å². The molecule has 3 nitrogen and oxygen atoms in total. The smallest absolute Gasteiger partial charge is 0.249 e. The van der Waals surface area contributed by atoms with E-state index in [9.17, 15) is 8.78 Å². The van der Waals surface area contributed by atoms with Crippen molar-refractivity contribution in [3.8, 4) is 5.88 Å². The van der Waals surface area contributed by atoms with Crippen LogP contribution in [0.5, 0.6) is 5.88 Å². The van der Waals surface area contributed by atoms with E-state index in [2.05, 4.69) is 4.98 Å². The van der Waals surface area contributed by atoms with Gasteiger partial charge in [0.25, 0.3) is 0 Å². The Morgan fingerprint density at radius 1 is 1.42 bits per heavy atom. The van der Waals surface area contributed by atoms with E-state index < -0.39 is 5.92 Å². The van der Waals surface area contributed by atoms with Gasteiger partial charge in [0.1, 0.15) is 0 Å². The standard InChI is InChI=1S/C12H14F2N2O.C2H6/c1-17-11-9(4-10(15)7-16-11)3-2-8-5-12(13,14)6-8;1-2/h2-4,7-8H,5-6,15H2,1H3;1-2H3/b3-2+;. The topological polar surface area (TPSA) is 48.1 Å². The highest BCUT2D eigenvalue weighted by Gasteiger charge is 2.43. The average molecular weight is 270 g/mol. The molecule has 0 radical (unpaired) electrons. The number of alkyl halides is 2. The number of nitrogens with two attached hydrogens (primary N) is 1. The van der Waals surface area contributed by atoms with Crippen LogP contribution in [0, 0.1) is 5.92 Å². The predicted octanol–water partition coefficient (Wildman–Crippen LogP) is 3.76. The van der Waals surface area contributed by atoms with Crippen LogP contribution in [-0.2, 0) is 0 Å². The summed E-state index contributed by atoms with van der Waals surface area (Å²) in [4.78, 5) is 4.00. The lowest BCUT2D eigenvalue weighted by molar-refractivity contribution is -0.0960. The van der Waals surface area contributed by atoms with Crippen molar-refractivity contribution < 1.29 is 13.5 Å². The van der Waals surface area contributed by atoms with Crippen LogP contribution < -0.4 is 10.5 Å². The molecular weight excluding hydrogens is 250 g/mol. The Bertz CT molecular complexity index is 439. The van der Waals surface area contributed by atoms with Gasteiger partial charge < -0.3 is 10.5 Å². The second-order valence-electron chi connectivity index (χ2n) is 4.25. The van der Waals surface area contributed by atoms with Crippen molar-refractivity contribution in [1.29, 1.82) is 0 Å². The Hall–Kier alpha value is -1.65. The first kappa shape index (κ1) is 15.4. The number of rotatable bonds is 3. The second kappa shape index (κ2) is 6.50. The molecule has 19 heavy (non-hydrogen) atoms. The normalized spacial score (nSPS) is 17.5. The Labute approximate surface area is 112 Å². The zero-order valence-electron chi connectivity index (χ0n) is 11.5. The summed E-state index contributed by atoms with van der Waals surface area (Å²) >= 11 is 0. The van der Waals surface area contributed by atoms with Crippen molar-refractivity contribution in [3.05, 3.63) is 23.9 Å². The minimum Gasteiger partial charge on any atom is -0.481 e. The third-order valence-electron chi connectivity index (χ3n) is 2.76. The van der Waals surface area contributed by atoms with Gasteiger partial charge in [-0.1, -0.05) is 26.0 Å². The fourth-order valence-electron chi connectivity index (χ4n) is 1.86. The van der Waals surface area contributed by atoms with Gasteiger partial charge in [-0.05, 0) is 12.0 Å². The van der Waals surface area contributed by atoms with Crippen LogP contribution in [0.15, 0.2) is 18.3 Å². The van der Waals surface area contributed by atoms with E-state index in [0.29, 0.717) is 17.1 Å². The number of allylic oxidation sites excluding steroid dienone is 1. The van der Waals surface area contributed by atoms with Crippen LogP contribution >= 0.6 is 0 Å². The van der Waals surface area contributed by atoms with Gasteiger partial charge in [-0.3, -0.25) is 0 Å². The number of pyridine rings is 1. The number of ether oxygens (including phenoxy) is 1. The molecule has 0 spiro atoms. The van der Waals surface area contributed by atoms with Crippen LogP contribution in [0.4, 0.5) is 14.5 Å². The fraction of sp³-hybridized carbons (Fsp3) is 0.500. The van der Waals surface area contributed by atoms with Crippen molar-refractivity contribution in [2.45, 2.75) is 32.6 Å². The first-order chi connectivity index (χ1) is 9.00. The highest BCUT2D eigenvalue weighted by Crippen LogP contribution is 2.43. The zero-order chi connectivity index (χ0) is 14.5. The summed E-state index contributed by atoms with van der Waals surface area (Å²) in [7, 11) is 1.51. The number of methoxy groups -OCH3 is 1. The molecule has 1 fully saturated rings. The first-order valence-corrected chi connectivity index (χ1v) is 6.36. The SMILES string of the molecule is CC.COc1ncc(N)cc1/C=C/C1CC(F)(F)C1. The minimum absolute atomic E-state index is 0.0730. The van der Waals surface area contributed by atoms with Gasteiger partial charge in [-0.15, -0.1) is 0 Å². The molecule has 1 aromatic heterocycles. The third kappa shape index (κ3) is 4.19. The van der Waals surface area contributed by atoms with E-state index >= 15 is 0 Å². The van der Waals surface area contributed by atoms with Crippen molar-refractivity contribution >= 4 is 11.8 Å². The van der Waals surface area contributed by atoms with E-state index in [0.717, 1.165) is 0 Å². The van der Waals surface area contributed by atoms with E-state index in [1.807, 2.05) is 13.8 Å². The van der Waals surface area contributed by atoms with Crippen LogP contribution in [0.25, 0.3) is 6.08 Å². The summed E-state index contributed by atoms with van der Waals surface area (Å²) in [6.45, 7) is 4.00. The lowest BCUT2D eigenvalue weighted by atomic mass is 9.81. The molecule has 1 heterocycles. The van der Waals surface area contributed by atoms with Gasteiger partial charge in [-0.25, -0.2) is 13.8 Å². The molecule has 0 bridgehead atoms. The summed E-state index contributed by atoms with van der Waals surface area (Å²) in [5.74, 6) is -2.12. The Morgan fingerprint density at radius 2 is 2.05 bits per heavy atom. The van der Waals surface area contributed by atoms with Crippen molar-refractivity contribution in [2.24, 2.45) is 5.92 Å². The molecule has 0 aliphatic heterocycles. The largest absolute Gasteiger partial charge is 0.481 e. The molecule has 106 valence electrons. The van der Waals surface area contributed by atoms with Gasteiger partial charge >= 0.3 is 0 Å². The Balaban J connectivity index is 0.000000861. The fourth-order valence-corrected chi connectivity index (χ4v) is 1.86. The van der Waals surface area contributed by atoms with Crippen LogP contribution in [-0.4, -0.2) is 18.0 Å². The summed E-state index contributed by atoms with van der Waals surface area (Å²) in [5.41, 5.74) is 6.84. The van der Waals surface area contributed by atoms with Crippen LogP contribution in [0.2, 0.25) is 0 Å². The molecule has 0 amide bonds. The maximum absolute atomic E-state index is 12.6. The number of hydrogen-bond acceptors (Lipinski definition) is 3. The molecule has 1 saturated carbocycles. The molecule has 0 saturated heterocycles. The second-order valence-corrected chi connectivity index (χ2v) is 4.25. The highest BCUT2D eigenvalue weighted by molar-refractivity contribution is 5.59. The van der Waals surface area contributed by atoms with Gasteiger partial charge in [0.05, 0.1) is 19.0 Å². The lowest BCUT2D eigenvalue weighted by Crippen LogP contribution is -2.33. The quantitative estimate of drug-likeness (QED) is 0.909. The Morgan fingerprint density at radius 3 is 2.58 bits per heavy atom. The molecular formula is C14H20F2N2O. The molecule has 2 rings (SSSR count). The molecule has 5 heteroatoms. The maximum atomic E-state index is 12.6. The molecule has 1 aliphatic carbocycles. The van der Waals surface area contributed by atoms with Crippen LogP contribution in [0.3, 0.4) is 0 Å². The number of halogens is 2. The van der Waals surface area contributed by atoms with Crippen LogP contribution in [0.1, 0.15) is 32.3 Å². The third-order valence-corrected chi connectivity index (χ3v) is 2.76. The number of nitrogens with zero attached hydrogens (tertiary/aromatic N) is 1. The molecule has 0 aromatic carbocycles. The van der Waals surface area contributed by atoms with Crippen molar-refractivity contribution in [1.82, 2.24) is 4.98 Å². The van der Waals surface area contributed by atoms with Gasteiger partial charge in [-0.2, -0.15) is 0 Å². The summed E-state index contributed by atoms with van der Waals surface area (Å²) in [6, 6.07) is 1.71. The highest BCUT2D eigenvalue weighted by atomic mass is 19.3. The molecule has 0 atom stereocenters. The zero-order valence-corrected chi connectivity index (χ0v) is 11.5. The summed E-state index contributed by atoms with van der Waals surface area (Å²) in [6.07, 6.45) is 4.83. The predicted molar refractivity (Wildman–Crippen MR) is 73.3 cm³/mol. The average Bonchev–Trinajstić information content (AvgIpc) is 2.36. The molecule has 1 aliphatic rings. The van der Waals surface area contributed by atoms with Gasteiger partial charge in [0, 0.05) is 18.4 Å². The van der Waals surface area contributed by atoms with Crippen molar-refractivity contribution in [3.63, 3.8) is 0 Å². The van der Waals surface area contributed by atoms with E-state index in [4.69, 9.17) is 10.5 Å². The minimum atomic E-state index is -2.49. The molecule has 2 N–H and O–H groups in total. The monoisotopic (exact) mass is 270 g/mol. The number of hydrogen-bond donors (Lipinski definition) is 1. The number of nitrogen functional groups attached to an aromatic ring is 1. The van der Waals surface area contributed by atoms with E-state index in [1.54, 1.807) is 18.2 Å². The number of aromatic nitrogens is 1. The van der Waals surface area contributed by atoms with Crippen molar-refractivity contribution in [2.75, 3.05) is 12.8 Å². The van der Waals surface area contributed by atoms with Gasteiger partial charge in [0.2, 0.25) is 11.8 Å². The molecule has 0 unspecified atom stereocenters. The number of anilines is 1. The van der Waals surface area contributed by atoms with E-state index in [1.165, 1.54) is 13.3 Å². The van der Waals surface area contributed by atoms with Gasteiger partial charge in [0.15, 0.2) is 0 Å². The summed E-state index contributed by atoms with van der Waals surface area (Å²) < 4.78 is 30.3. The maximum Gasteiger partial charge on any atom is 0.249 e. The molecule has 1 aromatic rings. The first-order valence-electron chi connectivity index (χ1n) is 6.36.